The number of esters is 1. The topological polar surface area (TPSA) is 92.8 Å². The first kappa shape index (κ1) is 9.44. The Bertz CT molecular complexity index is 178. The van der Waals surface area contributed by atoms with Gasteiger partial charge in [0.2, 0.25) is 0 Å². The summed E-state index contributed by atoms with van der Waals surface area (Å²) in [6.45, 7) is -0.598. The van der Waals surface area contributed by atoms with Crippen LogP contribution in [0.2, 0.25) is 0 Å². The molecule has 4 N–H and O–H groups in total. The molecule has 0 saturated heterocycles. The maximum absolute atomic E-state index is 11.0. The summed E-state index contributed by atoms with van der Waals surface area (Å²) in [5.74, 6) is -0.491. The molecule has 1 atom stereocenters. The first-order chi connectivity index (χ1) is 5.58. The molecular weight excluding hydrogens is 162 g/mol. The fourth-order valence-electron chi connectivity index (χ4n) is 0.707. The summed E-state index contributed by atoms with van der Waals surface area (Å²) in [5.41, 5.74) is 4.69. The molecule has 0 aromatic heterocycles. The SMILES string of the molecule is NC1(C(=O)OCC(O)CO)CC1. The first-order valence-corrected chi connectivity index (χ1v) is 3.83. The van der Waals surface area contributed by atoms with E-state index in [2.05, 4.69) is 4.74 Å². The molecule has 0 bridgehead atoms. The molecule has 0 aromatic rings. The molecule has 0 aliphatic heterocycles. The van der Waals surface area contributed by atoms with E-state index in [4.69, 9.17) is 15.9 Å². The number of nitrogens with two attached hydrogens (primary N) is 1. The molecule has 0 radical (unpaired) electrons. The normalized spacial score (nSPS) is 21.6. The maximum Gasteiger partial charge on any atom is 0.326 e. The molecule has 0 aromatic carbocycles. The molecule has 1 saturated carbocycles. The number of aliphatic hydroxyl groups excluding tert-OH is 2. The Morgan fingerprint density at radius 1 is 1.67 bits per heavy atom. The Labute approximate surface area is 70.1 Å². The highest BCUT2D eigenvalue weighted by atomic mass is 16.5. The number of hydrogen-bond acceptors (Lipinski definition) is 5. The highest BCUT2D eigenvalue weighted by molar-refractivity contribution is 5.83. The molecule has 0 amide bonds. The minimum absolute atomic E-state index is 0.186. The summed E-state index contributed by atoms with van der Waals surface area (Å²) < 4.78 is 4.65. The lowest BCUT2D eigenvalue weighted by atomic mass is 10.3. The standard InChI is InChI=1S/C7H13NO4/c8-7(1-2-7)6(11)12-4-5(10)3-9/h5,9-10H,1-4,8H2. The number of carbonyl (C=O) groups excluding carboxylic acids is 1. The molecule has 1 fully saturated rings. The molecule has 1 unspecified atom stereocenters. The Morgan fingerprint density at radius 2 is 2.25 bits per heavy atom. The predicted molar refractivity (Wildman–Crippen MR) is 40.2 cm³/mol. The van der Waals surface area contributed by atoms with Gasteiger partial charge >= 0.3 is 5.97 Å². The van der Waals surface area contributed by atoms with Gasteiger partial charge in [-0.05, 0) is 12.8 Å². The van der Waals surface area contributed by atoms with Gasteiger partial charge in [0.05, 0.1) is 6.61 Å². The molecule has 70 valence electrons. The van der Waals surface area contributed by atoms with Gasteiger partial charge in [-0.2, -0.15) is 0 Å². The quantitative estimate of drug-likeness (QED) is 0.446. The molecule has 5 heteroatoms. The van der Waals surface area contributed by atoms with E-state index in [0.29, 0.717) is 12.8 Å². The van der Waals surface area contributed by atoms with Crippen molar-refractivity contribution in [3.8, 4) is 0 Å². The lowest BCUT2D eigenvalue weighted by Gasteiger charge is -2.11. The van der Waals surface area contributed by atoms with Crippen molar-refractivity contribution in [2.24, 2.45) is 5.73 Å². The third kappa shape index (κ3) is 2.17. The van der Waals surface area contributed by atoms with E-state index in [1.165, 1.54) is 0 Å². The summed E-state index contributed by atoms with van der Waals surface area (Å²) in [5, 5.41) is 17.2. The van der Waals surface area contributed by atoms with Gasteiger partial charge < -0.3 is 20.7 Å². The van der Waals surface area contributed by atoms with Crippen LogP contribution in [0.3, 0.4) is 0 Å². The summed E-state index contributed by atoms with van der Waals surface area (Å²) in [6, 6.07) is 0. The number of ether oxygens (including phenoxy) is 1. The van der Waals surface area contributed by atoms with Crippen molar-refractivity contribution in [2.45, 2.75) is 24.5 Å². The zero-order valence-corrected chi connectivity index (χ0v) is 6.69. The molecule has 1 rings (SSSR count). The van der Waals surface area contributed by atoms with Crippen molar-refractivity contribution in [1.29, 1.82) is 0 Å². The predicted octanol–water partition coefficient (Wildman–Crippen LogP) is -1.63. The van der Waals surface area contributed by atoms with Crippen molar-refractivity contribution < 1.29 is 19.7 Å². The Morgan fingerprint density at radius 3 is 2.67 bits per heavy atom. The highest BCUT2D eigenvalue weighted by Gasteiger charge is 2.47. The minimum atomic E-state index is -1.00. The van der Waals surface area contributed by atoms with Gasteiger partial charge in [-0.3, -0.25) is 4.79 Å². The van der Waals surface area contributed by atoms with Crippen LogP contribution in [0, 0.1) is 0 Å². The third-order valence-electron chi connectivity index (χ3n) is 1.81. The molecule has 0 spiro atoms. The fraction of sp³-hybridized carbons (Fsp3) is 0.857. The number of aliphatic hydroxyl groups is 2. The Hall–Kier alpha value is -0.650. The zero-order chi connectivity index (χ0) is 9.19. The van der Waals surface area contributed by atoms with Crippen molar-refractivity contribution in [2.75, 3.05) is 13.2 Å². The van der Waals surface area contributed by atoms with Crippen LogP contribution < -0.4 is 5.73 Å². The summed E-state index contributed by atoms with van der Waals surface area (Å²) >= 11 is 0. The van der Waals surface area contributed by atoms with Crippen molar-refractivity contribution in [3.05, 3.63) is 0 Å². The summed E-state index contributed by atoms with van der Waals surface area (Å²) in [6.07, 6.45) is 0.276. The van der Waals surface area contributed by atoms with Gasteiger partial charge in [0.15, 0.2) is 0 Å². The molecule has 5 nitrogen and oxygen atoms in total. The molecule has 1 aliphatic carbocycles. The van der Waals surface area contributed by atoms with Crippen molar-refractivity contribution in [3.63, 3.8) is 0 Å². The Kier molecular flexibility index (Phi) is 2.66. The van der Waals surface area contributed by atoms with E-state index in [-0.39, 0.29) is 6.61 Å². The zero-order valence-electron chi connectivity index (χ0n) is 6.69. The average molecular weight is 175 g/mol. The lowest BCUT2D eigenvalue weighted by molar-refractivity contribution is -0.150. The molecule has 0 heterocycles. The summed E-state index contributed by atoms with van der Waals surface area (Å²) in [4.78, 5) is 11.0. The van der Waals surface area contributed by atoms with Crippen LogP contribution >= 0.6 is 0 Å². The second kappa shape index (κ2) is 3.38. The van der Waals surface area contributed by atoms with Gasteiger partial charge in [0.25, 0.3) is 0 Å². The van der Waals surface area contributed by atoms with Crippen LogP contribution in [-0.4, -0.2) is 41.0 Å². The minimum Gasteiger partial charge on any atom is -0.461 e. The monoisotopic (exact) mass is 175 g/mol. The van der Waals surface area contributed by atoms with Crippen LogP contribution in [0.5, 0.6) is 0 Å². The second-order valence-electron chi connectivity index (χ2n) is 3.09. The number of rotatable bonds is 4. The number of hydrogen-bond donors (Lipinski definition) is 3. The van der Waals surface area contributed by atoms with Gasteiger partial charge in [-0.1, -0.05) is 0 Å². The van der Waals surface area contributed by atoms with Gasteiger partial charge in [-0.15, -0.1) is 0 Å². The van der Waals surface area contributed by atoms with Gasteiger partial charge in [-0.25, -0.2) is 0 Å². The highest BCUT2D eigenvalue weighted by Crippen LogP contribution is 2.33. The van der Waals surface area contributed by atoms with Crippen molar-refractivity contribution in [1.82, 2.24) is 0 Å². The van der Waals surface area contributed by atoms with Gasteiger partial charge in [0, 0.05) is 0 Å². The van der Waals surface area contributed by atoms with E-state index in [9.17, 15) is 4.79 Å². The molecule has 1 aliphatic rings. The Balaban J connectivity index is 2.19. The van der Waals surface area contributed by atoms with E-state index in [0.717, 1.165) is 0 Å². The van der Waals surface area contributed by atoms with Crippen LogP contribution in [0.15, 0.2) is 0 Å². The van der Waals surface area contributed by atoms with Crippen LogP contribution in [0.1, 0.15) is 12.8 Å². The number of carbonyl (C=O) groups is 1. The van der Waals surface area contributed by atoms with E-state index in [1.807, 2.05) is 0 Å². The first-order valence-electron chi connectivity index (χ1n) is 3.83. The molecule has 12 heavy (non-hydrogen) atoms. The molecular formula is C7H13NO4. The van der Waals surface area contributed by atoms with E-state index in [1.54, 1.807) is 0 Å². The average Bonchev–Trinajstić information content (AvgIpc) is 2.80. The summed E-state index contributed by atoms with van der Waals surface area (Å²) in [7, 11) is 0. The van der Waals surface area contributed by atoms with E-state index >= 15 is 0 Å². The van der Waals surface area contributed by atoms with E-state index < -0.39 is 24.2 Å². The van der Waals surface area contributed by atoms with Crippen LogP contribution in [0.4, 0.5) is 0 Å². The van der Waals surface area contributed by atoms with Crippen LogP contribution in [-0.2, 0) is 9.53 Å². The van der Waals surface area contributed by atoms with Crippen molar-refractivity contribution >= 4 is 5.97 Å². The van der Waals surface area contributed by atoms with Gasteiger partial charge in [0.1, 0.15) is 18.2 Å². The fourth-order valence-corrected chi connectivity index (χ4v) is 0.707. The maximum atomic E-state index is 11.0. The smallest absolute Gasteiger partial charge is 0.326 e. The third-order valence-corrected chi connectivity index (χ3v) is 1.81. The largest absolute Gasteiger partial charge is 0.461 e. The lowest BCUT2D eigenvalue weighted by Crippen LogP contribution is -2.36. The second-order valence-corrected chi connectivity index (χ2v) is 3.09. The van der Waals surface area contributed by atoms with Crippen LogP contribution in [0.25, 0.3) is 0 Å².